The van der Waals surface area contributed by atoms with E-state index in [4.69, 9.17) is 0 Å². The summed E-state index contributed by atoms with van der Waals surface area (Å²) in [6.07, 6.45) is 0. The van der Waals surface area contributed by atoms with Gasteiger partial charge in [-0.05, 0) is 12.1 Å². The largest absolute Gasteiger partial charge is 0.506 e. The van der Waals surface area contributed by atoms with Crippen molar-refractivity contribution in [1.29, 1.82) is 0 Å². The van der Waals surface area contributed by atoms with Gasteiger partial charge in [0, 0.05) is 26.2 Å². The van der Waals surface area contributed by atoms with Crippen LogP contribution in [0.1, 0.15) is 0 Å². The molecule has 1 N–H and O–H groups in total. The number of rotatable bonds is 3. The van der Waals surface area contributed by atoms with Crippen LogP contribution in [0.3, 0.4) is 0 Å². The maximum atomic E-state index is 11.2. The van der Waals surface area contributed by atoms with Gasteiger partial charge < -0.3 is 14.7 Å². The van der Waals surface area contributed by atoms with Gasteiger partial charge >= 0.3 is 5.97 Å². The number of aromatic hydroxyl groups is 1. The van der Waals surface area contributed by atoms with Crippen LogP contribution in [0.2, 0.25) is 0 Å². The van der Waals surface area contributed by atoms with E-state index in [1.54, 1.807) is 6.07 Å². The van der Waals surface area contributed by atoms with Crippen LogP contribution < -0.4 is 4.90 Å². The Labute approximate surface area is 107 Å². The van der Waals surface area contributed by atoms with Crippen LogP contribution >= 0.6 is 0 Å². The van der Waals surface area contributed by atoms with Crippen molar-refractivity contribution < 1.29 is 14.6 Å². The zero-order chi connectivity index (χ0) is 13.0. The Hall–Kier alpha value is -1.75. The maximum Gasteiger partial charge on any atom is 0.319 e. The first-order chi connectivity index (χ1) is 8.70. The Kier molecular flexibility index (Phi) is 4.04. The fraction of sp³-hybridized carbons (Fsp3) is 0.462. The first-order valence-electron chi connectivity index (χ1n) is 6.03. The second-order valence-electron chi connectivity index (χ2n) is 4.33. The molecule has 98 valence electrons. The van der Waals surface area contributed by atoms with E-state index >= 15 is 0 Å². The molecule has 5 heteroatoms. The van der Waals surface area contributed by atoms with Crippen LogP contribution in [0.25, 0.3) is 0 Å². The fourth-order valence-corrected chi connectivity index (χ4v) is 2.13. The minimum atomic E-state index is -0.203. The lowest BCUT2D eigenvalue weighted by Gasteiger charge is -2.35. The van der Waals surface area contributed by atoms with E-state index < -0.39 is 0 Å². The average molecular weight is 250 g/mol. The molecule has 1 aliphatic rings. The lowest BCUT2D eigenvalue weighted by molar-refractivity contribution is -0.142. The molecular weight excluding hydrogens is 232 g/mol. The number of phenolic OH excluding ortho intramolecular Hbond substituents is 1. The summed E-state index contributed by atoms with van der Waals surface area (Å²) in [5.74, 6) is 0.102. The van der Waals surface area contributed by atoms with Gasteiger partial charge in [-0.1, -0.05) is 12.1 Å². The number of carbonyl (C=O) groups is 1. The molecule has 1 aliphatic heterocycles. The predicted octanol–water partition coefficient (Wildman–Crippen LogP) is 0.687. The van der Waals surface area contributed by atoms with Crippen molar-refractivity contribution >= 4 is 11.7 Å². The minimum absolute atomic E-state index is 0.203. The van der Waals surface area contributed by atoms with E-state index in [1.807, 2.05) is 18.2 Å². The number of anilines is 1. The smallest absolute Gasteiger partial charge is 0.319 e. The molecule has 0 unspecified atom stereocenters. The van der Waals surface area contributed by atoms with Crippen LogP contribution in [0.15, 0.2) is 24.3 Å². The van der Waals surface area contributed by atoms with Gasteiger partial charge in [0.2, 0.25) is 0 Å². The SMILES string of the molecule is COC(=O)CN1CCN(c2ccccc2O)CC1. The second kappa shape index (κ2) is 5.73. The third kappa shape index (κ3) is 2.92. The number of hydrogen-bond donors (Lipinski definition) is 1. The molecule has 1 fully saturated rings. The van der Waals surface area contributed by atoms with Gasteiger partial charge in [0.05, 0.1) is 19.3 Å². The molecule has 0 saturated carbocycles. The Bertz CT molecular complexity index is 414. The van der Waals surface area contributed by atoms with Gasteiger partial charge in [0.1, 0.15) is 5.75 Å². The van der Waals surface area contributed by atoms with Gasteiger partial charge in [0.15, 0.2) is 0 Å². The number of esters is 1. The molecule has 5 nitrogen and oxygen atoms in total. The number of carbonyl (C=O) groups excluding carboxylic acids is 1. The Balaban J connectivity index is 1.91. The van der Waals surface area contributed by atoms with Crippen molar-refractivity contribution in [3.63, 3.8) is 0 Å². The number of methoxy groups -OCH3 is 1. The van der Waals surface area contributed by atoms with Crippen molar-refractivity contribution in [1.82, 2.24) is 4.90 Å². The quantitative estimate of drug-likeness (QED) is 0.800. The van der Waals surface area contributed by atoms with Crippen molar-refractivity contribution in [3.8, 4) is 5.75 Å². The van der Waals surface area contributed by atoms with Crippen LogP contribution in [-0.2, 0) is 9.53 Å². The molecule has 2 rings (SSSR count). The molecule has 0 aliphatic carbocycles. The Morgan fingerprint density at radius 2 is 1.94 bits per heavy atom. The molecule has 0 aromatic heterocycles. The molecule has 0 radical (unpaired) electrons. The molecule has 0 spiro atoms. The zero-order valence-electron chi connectivity index (χ0n) is 10.5. The summed E-state index contributed by atoms with van der Waals surface area (Å²) in [5, 5.41) is 9.78. The second-order valence-corrected chi connectivity index (χ2v) is 4.33. The summed E-state index contributed by atoms with van der Waals surface area (Å²) in [7, 11) is 1.40. The molecule has 0 atom stereocenters. The monoisotopic (exact) mass is 250 g/mol. The summed E-state index contributed by atoms with van der Waals surface area (Å²) < 4.78 is 4.65. The first kappa shape index (κ1) is 12.7. The van der Waals surface area contributed by atoms with E-state index in [2.05, 4.69) is 14.5 Å². The highest BCUT2D eigenvalue weighted by atomic mass is 16.5. The number of phenols is 1. The molecule has 0 amide bonds. The lowest BCUT2D eigenvalue weighted by Crippen LogP contribution is -2.48. The molecule has 18 heavy (non-hydrogen) atoms. The number of nitrogens with zero attached hydrogens (tertiary/aromatic N) is 2. The van der Waals surface area contributed by atoms with Crippen LogP contribution in [-0.4, -0.2) is 55.8 Å². The van der Waals surface area contributed by atoms with Crippen molar-refractivity contribution in [2.75, 3.05) is 44.7 Å². The third-order valence-corrected chi connectivity index (χ3v) is 3.18. The highest BCUT2D eigenvalue weighted by Gasteiger charge is 2.20. The molecule has 1 aromatic carbocycles. The lowest BCUT2D eigenvalue weighted by atomic mass is 10.2. The van der Waals surface area contributed by atoms with Crippen LogP contribution in [0.4, 0.5) is 5.69 Å². The normalized spacial score (nSPS) is 16.6. The summed E-state index contributed by atoms with van der Waals surface area (Å²) >= 11 is 0. The van der Waals surface area contributed by atoms with E-state index in [-0.39, 0.29) is 5.97 Å². The van der Waals surface area contributed by atoms with Gasteiger partial charge in [-0.25, -0.2) is 0 Å². The van der Waals surface area contributed by atoms with Crippen molar-refractivity contribution in [2.24, 2.45) is 0 Å². The van der Waals surface area contributed by atoms with E-state index in [9.17, 15) is 9.90 Å². The third-order valence-electron chi connectivity index (χ3n) is 3.18. The summed E-state index contributed by atoms with van der Waals surface area (Å²) in [5.41, 5.74) is 0.857. The predicted molar refractivity (Wildman–Crippen MR) is 68.8 cm³/mol. The van der Waals surface area contributed by atoms with Crippen molar-refractivity contribution in [2.45, 2.75) is 0 Å². The van der Waals surface area contributed by atoms with Crippen LogP contribution in [0.5, 0.6) is 5.75 Å². The molecule has 1 aromatic rings. The number of para-hydroxylation sites is 2. The number of ether oxygens (including phenoxy) is 1. The standard InChI is InChI=1S/C13H18N2O3/c1-18-13(17)10-14-6-8-15(9-7-14)11-4-2-3-5-12(11)16/h2-5,16H,6-10H2,1H3. The zero-order valence-corrected chi connectivity index (χ0v) is 10.5. The Morgan fingerprint density at radius 3 is 2.56 bits per heavy atom. The van der Waals surface area contributed by atoms with Crippen molar-refractivity contribution in [3.05, 3.63) is 24.3 Å². The van der Waals surface area contributed by atoms with Gasteiger partial charge in [-0.15, -0.1) is 0 Å². The van der Waals surface area contributed by atoms with E-state index in [0.717, 1.165) is 31.9 Å². The van der Waals surface area contributed by atoms with Gasteiger partial charge in [-0.2, -0.15) is 0 Å². The first-order valence-corrected chi connectivity index (χ1v) is 6.03. The summed E-state index contributed by atoms with van der Waals surface area (Å²) in [6.45, 7) is 3.53. The summed E-state index contributed by atoms with van der Waals surface area (Å²) in [6, 6.07) is 7.32. The molecular formula is C13H18N2O3. The highest BCUT2D eigenvalue weighted by molar-refractivity contribution is 5.71. The molecule has 0 bridgehead atoms. The van der Waals surface area contributed by atoms with Gasteiger partial charge in [-0.3, -0.25) is 9.69 Å². The highest BCUT2D eigenvalue weighted by Crippen LogP contribution is 2.26. The van der Waals surface area contributed by atoms with Crippen LogP contribution in [0, 0.1) is 0 Å². The average Bonchev–Trinajstić information content (AvgIpc) is 2.40. The number of benzene rings is 1. The minimum Gasteiger partial charge on any atom is -0.506 e. The number of hydrogen-bond acceptors (Lipinski definition) is 5. The maximum absolute atomic E-state index is 11.2. The summed E-state index contributed by atoms with van der Waals surface area (Å²) in [4.78, 5) is 15.4. The topological polar surface area (TPSA) is 53.0 Å². The van der Waals surface area contributed by atoms with E-state index in [1.165, 1.54) is 7.11 Å². The Morgan fingerprint density at radius 1 is 1.28 bits per heavy atom. The molecule has 1 saturated heterocycles. The van der Waals surface area contributed by atoms with Gasteiger partial charge in [0.25, 0.3) is 0 Å². The van der Waals surface area contributed by atoms with E-state index in [0.29, 0.717) is 12.3 Å². The number of piperazine rings is 1. The molecule has 1 heterocycles. The fourth-order valence-electron chi connectivity index (χ4n) is 2.13.